The molecule has 0 atom stereocenters. The van der Waals surface area contributed by atoms with Crippen molar-refractivity contribution in [2.75, 3.05) is 13.6 Å². The van der Waals surface area contributed by atoms with Crippen molar-refractivity contribution < 1.29 is 4.79 Å². The van der Waals surface area contributed by atoms with Crippen LogP contribution < -0.4 is 0 Å². The van der Waals surface area contributed by atoms with Crippen LogP contribution in [-0.4, -0.2) is 39.6 Å². The molecular weight excluding hydrogens is 240 g/mol. The first kappa shape index (κ1) is 13.3. The van der Waals surface area contributed by atoms with E-state index in [0.717, 1.165) is 17.7 Å². The third-order valence-electron chi connectivity index (χ3n) is 3.29. The SMILES string of the molecule is Cc1[nH]nc(C(=O)N(C)CCc2ccncc2)c1C. The Hall–Kier alpha value is -2.17. The molecule has 0 spiro atoms. The molecule has 0 aliphatic heterocycles. The maximum Gasteiger partial charge on any atom is 0.274 e. The van der Waals surface area contributed by atoms with Crippen molar-refractivity contribution in [3.63, 3.8) is 0 Å². The third-order valence-corrected chi connectivity index (χ3v) is 3.29. The fourth-order valence-corrected chi connectivity index (χ4v) is 1.82. The molecule has 5 nitrogen and oxygen atoms in total. The maximum absolute atomic E-state index is 12.2. The van der Waals surface area contributed by atoms with Gasteiger partial charge in [-0.25, -0.2) is 0 Å². The molecule has 2 aromatic heterocycles. The molecule has 2 aromatic rings. The first-order valence-corrected chi connectivity index (χ1v) is 6.25. The van der Waals surface area contributed by atoms with Crippen molar-refractivity contribution in [1.82, 2.24) is 20.1 Å². The normalized spacial score (nSPS) is 10.5. The van der Waals surface area contributed by atoms with Gasteiger partial charge in [0.2, 0.25) is 0 Å². The lowest BCUT2D eigenvalue weighted by Gasteiger charge is -2.16. The minimum Gasteiger partial charge on any atom is -0.340 e. The quantitative estimate of drug-likeness (QED) is 0.908. The van der Waals surface area contributed by atoms with E-state index in [1.807, 2.05) is 26.0 Å². The van der Waals surface area contributed by atoms with Gasteiger partial charge in [0.1, 0.15) is 0 Å². The van der Waals surface area contributed by atoms with Gasteiger partial charge in [-0.05, 0) is 38.0 Å². The van der Waals surface area contributed by atoms with Gasteiger partial charge in [0.15, 0.2) is 5.69 Å². The van der Waals surface area contributed by atoms with Crippen LogP contribution in [0.3, 0.4) is 0 Å². The van der Waals surface area contributed by atoms with E-state index in [4.69, 9.17) is 0 Å². The number of H-pyrrole nitrogens is 1. The molecule has 1 N–H and O–H groups in total. The lowest BCUT2D eigenvalue weighted by Crippen LogP contribution is -2.29. The van der Waals surface area contributed by atoms with Gasteiger partial charge in [-0.3, -0.25) is 14.9 Å². The van der Waals surface area contributed by atoms with E-state index < -0.39 is 0 Å². The molecule has 2 rings (SSSR count). The largest absolute Gasteiger partial charge is 0.340 e. The van der Waals surface area contributed by atoms with Gasteiger partial charge in [0.05, 0.1) is 0 Å². The number of likely N-dealkylation sites (N-methyl/N-ethyl adjacent to an activating group) is 1. The van der Waals surface area contributed by atoms with E-state index in [9.17, 15) is 4.79 Å². The number of rotatable bonds is 4. The summed E-state index contributed by atoms with van der Waals surface area (Å²) < 4.78 is 0. The number of hydrogen-bond acceptors (Lipinski definition) is 3. The van der Waals surface area contributed by atoms with Gasteiger partial charge in [0, 0.05) is 37.2 Å². The van der Waals surface area contributed by atoms with Gasteiger partial charge in [-0.1, -0.05) is 0 Å². The minimum absolute atomic E-state index is 0.0455. The zero-order valence-corrected chi connectivity index (χ0v) is 11.5. The highest BCUT2D eigenvalue weighted by molar-refractivity contribution is 5.93. The second kappa shape index (κ2) is 5.65. The fraction of sp³-hybridized carbons (Fsp3) is 0.357. The van der Waals surface area contributed by atoms with Crippen molar-refractivity contribution in [1.29, 1.82) is 0 Å². The topological polar surface area (TPSA) is 61.9 Å². The molecule has 0 radical (unpaired) electrons. The Balaban J connectivity index is 1.98. The molecule has 5 heteroatoms. The van der Waals surface area contributed by atoms with Gasteiger partial charge in [0.25, 0.3) is 5.91 Å². The van der Waals surface area contributed by atoms with Crippen LogP contribution in [0.15, 0.2) is 24.5 Å². The van der Waals surface area contributed by atoms with Crippen molar-refractivity contribution in [2.24, 2.45) is 0 Å². The molecule has 0 bridgehead atoms. The summed E-state index contributed by atoms with van der Waals surface area (Å²) in [5.41, 5.74) is 3.53. The number of aromatic nitrogens is 3. The number of aryl methyl sites for hydroxylation is 1. The molecule has 0 unspecified atom stereocenters. The highest BCUT2D eigenvalue weighted by Crippen LogP contribution is 2.11. The second-order valence-electron chi connectivity index (χ2n) is 4.65. The molecular formula is C14H18N4O. The van der Waals surface area contributed by atoms with Crippen LogP contribution in [0.1, 0.15) is 27.3 Å². The lowest BCUT2D eigenvalue weighted by molar-refractivity contribution is 0.0790. The predicted molar refractivity (Wildman–Crippen MR) is 73.0 cm³/mol. The average Bonchev–Trinajstić information content (AvgIpc) is 2.77. The number of hydrogen-bond donors (Lipinski definition) is 1. The van der Waals surface area contributed by atoms with E-state index >= 15 is 0 Å². The van der Waals surface area contributed by atoms with E-state index in [2.05, 4.69) is 15.2 Å². The van der Waals surface area contributed by atoms with E-state index in [1.165, 1.54) is 5.56 Å². The molecule has 0 saturated carbocycles. The monoisotopic (exact) mass is 258 g/mol. The summed E-state index contributed by atoms with van der Waals surface area (Å²) >= 11 is 0. The van der Waals surface area contributed by atoms with Crippen LogP contribution in [-0.2, 0) is 6.42 Å². The molecule has 19 heavy (non-hydrogen) atoms. The lowest BCUT2D eigenvalue weighted by atomic mass is 10.1. The Labute approximate surface area is 112 Å². The molecule has 2 heterocycles. The molecule has 0 fully saturated rings. The van der Waals surface area contributed by atoms with Crippen molar-refractivity contribution in [3.05, 3.63) is 47.0 Å². The third kappa shape index (κ3) is 2.99. The molecule has 0 aromatic carbocycles. The smallest absolute Gasteiger partial charge is 0.274 e. The Bertz CT molecular complexity index is 562. The van der Waals surface area contributed by atoms with Crippen LogP contribution in [0, 0.1) is 13.8 Å². The zero-order chi connectivity index (χ0) is 13.8. The number of nitrogens with one attached hydrogen (secondary N) is 1. The first-order chi connectivity index (χ1) is 9.09. The molecule has 0 aliphatic rings. The number of nitrogens with zero attached hydrogens (tertiary/aromatic N) is 3. The highest BCUT2D eigenvalue weighted by atomic mass is 16.2. The minimum atomic E-state index is -0.0455. The summed E-state index contributed by atoms with van der Waals surface area (Å²) in [4.78, 5) is 17.9. The number of amides is 1. The Morgan fingerprint density at radius 1 is 1.32 bits per heavy atom. The summed E-state index contributed by atoms with van der Waals surface area (Å²) in [6.45, 7) is 4.48. The maximum atomic E-state index is 12.2. The van der Waals surface area contributed by atoms with Crippen LogP contribution >= 0.6 is 0 Å². The van der Waals surface area contributed by atoms with Crippen molar-refractivity contribution in [2.45, 2.75) is 20.3 Å². The number of carbonyl (C=O) groups is 1. The second-order valence-corrected chi connectivity index (χ2v) is 4.65. The molecule has 0 aliphatic carbocycles. The van der Waals surface area contributed by atoms with Gasteiger partial charge in [-0.15, -0.1) is 0 Å². The Kier molecular flexibility index (Phi) is 3.94. The van der Waals surface area contributed by atoms with E-state index in [-0.39, 0.29) is 5.91 Å². The average molecular weight is 258 g/mol. The first-order valence-electron chi connectivity index (χ1n) is 6.25. The number of carbonyl (C=O) groups excluding carboxylic acids is 1. The summed E-state index contributed by atoms with van der Waals surface area (Å²) in [5, 5.41) is 6.91. The summed E-state index contributed by atoms with van der Waals surface area (Å²) in [6, 6.07) is 3.92. The van der Waals surface area contributed by atoms with Gasteiger partial charge >= 0.3 is 0 Å². The van der Waals surface area contributed by atoms with Gasteiger partial charge < -0.3 is 4.90 Å². The van der Waals surface area contributed by atoms with E-state index in [0.29, 0.717) is 12.2 Å². The zero-order valence-electron chi connectivity index (χ0n) is 11.5. The Morgan fingerprint density at radius 2 is 2.00 bits per heavy atom. The summed E-state index contributed by atoms with van der Waals surface area (Å²) in [5.74, 6) is -0.0455. The van der Waals surface area contributed by atoms with Gasteiger partial charge in [-0.2, -0.15) is 5.10 Å². The number of pyridine rings is 1. The van der Waals surface area contributed by atoms with Crippen molar-refractivity contribution in [3.8, 4) is 0 Å². The Morgan fingerprint density at radius 3 is 2.58 bits per heavy atom. The van der Waals surface area contributed by atoms with E-state index in [1.54, 1.807) is 24.3 Å². The fourth-order valence-electron chi connectivity index (χ4n) is 1.82. The van der Waals surface area contributed by atoms with Crippen LogP contribution in [0.4, 0.5) is 0 Å². The molecule has 100 valence electrons. The van der Waals surface area contributed by atoms with Crippen LogP contribution in [0.25, 0.3) is 0 Å². The van der Waals surface area contributed by atoms with Crippen LogP contribution in [0.5, 0.6) is 0 Å². The summed E-state index contributed by atoms with van der Waals surface area (Å²) in [7, 11) is 1.80. The highest BCUT2D eigenvalue weighted by Gasteiger charge is 2.18. The van der Waals surface area contributed by atoms with Crippen LogP contribution in [0.2, 0.25) is 0 Å². The summed E-state index contributed by atoms with van der Waals surface area (Å²) in [6.07, 6.45) is 4.34. The standard InChI is InChI=1S/C14H18N4O/c1-10-11(2)16-17-13(10)14(19)18(3)9-6-12-4-7-15-8-5-12/h4-5,7-8H,6,9H2,1-3H3,(H,16,17). The molecule has 1 amide bonds. The van der Waals surface area contributed by atoms with Crippen molar-refractivity contribution >= 4 is 5.91 Å². The molecule has 0 saturated heterocycles. The predicted octanol–water partition coefficient (Wildman–Crippen LogP) is 1.74. The number of aromatic amines is 1.